The third-order valence-electron chi connectivity index (χ3n) is 4.66. The van der Waals surface area contributed by atoms with Gasteiger partial charge < -0.3 is 19.8 Å². The number of fused-ring (bicyclic) bond motifs is 1. The zero-order chi connectivity index (χ0) is 16.2. The molecule has 128 valence electrons. The molecule has 0 bridgehead atoms. The van der Waals surface area contributed by atoms with Gasteiger partial charge in [-0.2, -0.15) is 0 Å². The van der Waals surface area contributed by atoms with Crippen LogP contribution in [-0.2, 0) is 11.3 Å². The maximum atomic E-state index is 5.95. The second-order valence-corrected chi connectivity index (χ2v) is 6.30. The highest BCUT2D eigenvalue weighted by molar-refractivity contribution is 5.79. The normalized spacial score (nSPS) is 25.4. The van der Waals surface area contributed by atoms with Crippen molar-refractivity contribution in [3.05, 3.63) is 17.3 Å². The van der Waals surface area contributed by atoms with E-state index in [1.165, 1.54) is 19.4 Å². The van der Waals surface area contributed by atoms with E-state index in [0.717, 1.165) is 37.1 Å². The zero-order valence-corrected chi connectivity index (χ0v) is 14.3. The van der Waals surface area contributed by atoms with E-state index in [0.29, 0.717) is 18.5 Å². The van der Waals surface area contributed by atoms with Crippen molar-refractivity contribution in [1.29, 1.82) is 0 Å². The van der Waals surface area contributed by atoms with Crippen molar-refractivity contribution in [2.24, 2.45) is 4.99 Å². The number of rotatable bonds is 4. The lowest BCUT2D eigenvalue weighted by Gasteiger charge is -2.35. The minimum Gasteiger partial charge on any atom is -0.444 e. The Labute approximate surface area is 137 Å². The fraction of sp³-hybridized carbons (Fsp3) is 0.750. The summed E-state index contributed by atoms with van der Waals surface area (Å²) < 4.78 is 11.5. The molecule has 2 aliphatic heterocycles. The highest BCUT2D eigenvalue weighted by Crippen LogP contribution is 2.22. The molecule has 2 aliphatic rings. The van der Waals surface area contributed by atoms with Gasteiger partial charge in [-0.15, -0.1) is 0 Å². The Morgan fingerprint density at radius 2 is 2.26 bits per heavy atom. The molecule has 23 heavy (non-hydrogen) atoms. The molecule has 2 atom stereocenters. The van der Waals surface area contributed by atoms with Crippen LogP contribution in [0.4, 0.5) is 0 Å². The predicted octanol–water partition coefficient (Wildman–Crippen LogP) is 0.820. The molecule has 0 saturated carbocycles. The zero-order valence-electron chi connectivity index (χ0n) is 14.3. The standard InChI is InChI=1S/C16H27N5O2/c1-11-12(2)23-15(20-11)8-19-16(17-3)18-7-14-9-21-6-4-5-13(21)10-22-14/h13-14H,4-10H2,1-3H3,(H2,17,18,19). The monoisotopic (exact) mass is 321 g/mol. The Morgan fingerprint density at radius 3 is 3.00 bits per heavy atom. The minimum absolute atomic E-state index is 0.217. The summed E-state index contributed by atoms with van der Waals surface area (Å²) in [5.41, 5.74) is 0.931. The first-order chi connectivity index (χ1) is 11.2. The van der Waals surface area contributed by atoms with Crippen LogP contribution in [0, 0.1) is 13.8 Å². The topological polar surface area (TPSA) is 74.9 Å². The number of ether oxygens (including phenoxy) is 1. The highest BCUT2D eigenvalue weighted by atomic mass is 16.5. The number of aromatic nitrogens is 1. The lowest BCUT2D eigenvalue weighted by Crippen LogP contribution is -2.51. The number of nitrogens with zero attached hydrogens (tertiary/aromatic N) is 3. The summed E-state index contributed by atoms with van der Waals surface area (Å²) in [5, 5.41) is 6.55. The number of nitrogens with one attached hydrogen (secondary N) is 2. The molecule has 0 radical (unpaired) electrons. The molecule has 1 aromatic heterocycles. The molecule has 0 amide bonds. The van der Waals surface area contributed by atoms with Gasteiger partial charge in [-0.25, -0.2) is 4.98 Å². The van der Waals surface area contributed by atoms with Crippen LogP contribution in [0.25, 0.3) is 0 Å². The van der Waals surface area contributed by atoms with Gasteiger partial charge in [0.15, 0.2) is 5.96 Å². The first-order valence-electron chi connectivity index (χ1n) is 8.38. The molecule has 2 fully saturated rings. The van der Waals surface area contributed by atoms with E-state index in [1.807, 2.05) is 13.8 Å². The number of hydrogen-bond donors (Lipinski definition) is 2. The first kappa shape index (κ1) is 16.3. The molecule has 0 aliphatic carbocycles. The molecule has 2 unspecified atom stereocenters. The van der Waals surface area contributed by atoms with Crippen LogP contribution in [0.5, 0.6) is 0 Å². The molecular formula is C16H27N5O2. The average Bonchev–Trinajstić information content (AvgIpc) is 3.14. The Balaban J connectivity index is 1.42. The Morgan fingerprint density at radius 1 is 1.39 bits per heavy atom. The van der Waals surface area contributed by atoms with E-state index in [-0.39, 0.29) is 6.10 Å². The van der Waals surface area contributed by atoms with Gasteiger partial charge in [0.25, 0.3) is 0 Å². The Hall–Kier alpha value is -1.60. The van der Waals surface area contributed by atoms with Gasteiger partial charge in [-0.05, 0) is 33.2 Å². The van der Waals surface area contributed by atoms with Gasteiger partial charge in [0.1, 0.15) is 5.76 Å². The van der Waals surface area contributed by atoms with Crippen LogP contribution in [0.2, 0.25) is 0 Å². The molecule has 3 rings (SSSR count). The Bertz CT molecular complexity index is 537. The maximum Gasteiger partial charge on any atom is 0.214 e. The molecule has 1 aromatic rings. The summed E-state index contributed by atoms with van der Waals surface area (Å²) in [7, 11) is 1.76. The summed E-state index contributed by atoms with van der Waals surface area (Å²) in [6.45, 7) is 8.22. The van der Waals surface area contributed by atoms with Gasteiger partial charge in [0.2, 0.25) is 5.89 Å². The van der Waals surface area contributed by atoms with Gasteiger partial charge in [-0.1, -0.05) is 0 Å². The van der Waals surface area contributed by atoms with Crippen molar-refractivity contribution >= 4 is 5.96 Å². The number of oxazole rings is 1. The van der Waals surface area contributed by atoms with Crippen molar-refractivity contribution in [1.82, 2.24) is 20.5 Å². The second-order valence-electron chi connectivity index (χ2n) is 6.30. The van der Waals surface area contributed by atoms with Gasteiger partial charge in [0, 0.05) is 26.2 Å². The quantitative estimate of drug-likeness (QED) is 0.632. The number of morpholine rings is 1. The largest absolute Gasteiger partial charge is 0.444 e. The average molecular weight is 321 g/mol. The highest BCUT2D eigenvalue weighted by Gasteiger charge is 2.32. The first-order valence-corrected chi connectivity index (χ1v) is 8.38. The van der Waals surface area contributed by atoms with Crippen LogP contribution in [0.15, 0.2) is 9.41 Å². The molecule has 3 heterocycles. The van der Waals surface area contributed by atoms with Crippen molar-refractivity contribution in [2.75, 3.05) is 33.3 Å². The molecule has 2 N–H and O–H groups in total. The summed E-state index contributed by atoms with van der Waals surface area (Å²) in [4.78, 5) is 11.1. The van der Waals surface area contributed by atoms with Gasteiger partial charge >= 0.3 is 0 Å². The lowest BCUT2D eigenvalue weighted by molar-refractivity contribution is -0.0453. The van der Waals surface area contributed by atoms with Crippen LogP contribution in [0.1, 0.15) is 30.2 Å². The number of aliphatic imine (C=N–C) groups is 1. The van der Waals surface area contributed by atoms with E-state index in [2.05, 4.69) is 25.5 Å². The fourth-order valence-corrected chi connectivity index (χ4v) is 3.21. The van der Waals surface area contributed by atoms with Crippen molar-refractivity contribution in [3.63, 3.8) is 0 Å². The fourth-order valence-electron chi connectivity index (χ4n) is 3.21. The molecular weight excluding hydrogens is 294 g/mol. The summed E-state index contributed by atoms with van der Waals surface area (Å²) in [5.74, 6) is 2.28. The maximum absolute atomic E-state index is 5.95. The van der Waals surface area contributed by atoms with E-state index in [4.69, 9.17) is 9.15 Å². The summed E-state index contributed by atoms with van der Waals surface area (Å²) in [6.07, 6.45) is 2.79. The van der Waals surface area contributed by atoms with E-state index in [1.54, 1.807) is 7.05 Å². The van der Waals surface area contributed by atoms with Crippen LogP contribution < -0.4 is 10.6 Å². The van der Waals surface area contributed by atoms with E-state index < -0.39 is 0 Å². The number of guanidine groups is 1. The summed E-state index contributed by atoms with van der Waals surface area (Å²) in [6, 6.07) is 0.639. The van der Waals surface area contributed by atoms with Crippen LogP contribution >= 0.6 is 0 Å². The molecule has 2 saturated heterocycles. The second kappa shape index (κ2) is 7.31. The third kappa shape index (κ3) is 4.03. The van der Waals surface area contributed by atoms with Crippen LogP contribution in [-0.4, -0.2) is 61.3 Å². The van der Waals surface area contributed by atoms with Crippen molar-refractivity contribution in [3.8, 4) is 0 Å². The molecule has 7 heteroatoms. The molecule has 7 nitrogen and oxygen atoms in total. The number of hydrogen-bond acceptors (Lipinski definition) is 5. The third-order valence-corrected chi connectivity index (χ3v) is 4.66. The van der Waals surface area contributed by atoms with Crippen molar-refractivity contribution < 1.29 is 9.15 Å². The smallest absolute Gasteiger partial charge is 0.214 e. The van der Waals surface area contributed by atoms with Crippen molar-refractivity contribution in [2.45, 2.75) is 45.4 Å². The van der Waals surface area contributed by atoms with Gasteiger partial charge in [-0.3, -0.25) is 9.89 Å². The molecule has 0 aromatic carbocycles. The van der Waals surface area contributed by atoms with Gasteiger partial charge in [0.05, 0.1) is 24.9 Å². The van der Waals surface area contributed by atoms with Crippen LogP contribution in [0.3, 0.4) is 0 Å². The minimum atomic E-state index is 0.217. The molecule has 0 spiro atoms. The number of aryl methyl sites for hydroxylation is 2. The lowest BCUT2D eigenvalue weighted by atomic mass is 10.2. The van der Waals surface area contributed by atoms with E-state index >= 15 is 0 Å². The Kier molecular flexibility index (Phi) is 5.17. The summed E-state index contributed by atoms with van der Waals surface area (Å²) >= 11 is 0. The predicted molar refractivity (Wildman–Crippen MR) is 88.5 cm³/mol. The SMILES string of the molecule is CN=C(NCc1nc(C)c(C)o1)NCC1CN2CCCC2CO1. The van der Waals surface area contributed by atoms with E-state index in [9.17, 15) is 0 Å².